The van der Waals surface area contributed by atoms with E-state index in [0.717, 1.165) is 5.69 Å². The molecule has 1 aromatic carbocycles. The predicted octanol–water partition coefficient (Wildman–Crippen LogP) is 3.07. The molecule has 2 atom stereocenters. The number of nitrogens with one attached hydrogen (secondary N) is 2. The number of carbonyl (C=O) groups is 1. The molecule has 0 saturated carbocycles. The zero-order chi connectivity index (χ0) is 29.8. The Labute approximate surface area is 246 Å². The standard InChI is InChI=1S/C29H31FN8O5/c1-18-25(20-13-32-29(33-14-20)42-22-16-41-17-22)36-38(21-6-4-3-5-7-21)27(18)35-28(39)34-23-15-37(10-11-40-2)43-26(23)19-8-9-31-24(30)12-19/h3-9,12-14,22-23,26H,10-11,15-17H2,1-2H3,(H2,34,35,39)/t23-,26+/m1/s1. The number of urea groups is 1. The van der Waals surface area contributed by atoms with Gasteiger partial charge in [0.15, 0.2) is 0 Å². The quantitative estimate of drug-likeness (QED) is 0.265. The molecule has 0 unspecified atom stereocenters. The lowest BCUT2D eigenvalue weighted by atomic mass is 10.0. The number of hydrogen-bond donors (Lipinski definition) is 2. The van der Waals surface area contributed by atoms with Crippen LogP contribution in [0.3, 0.4) is 0 Å². The molecule has 0 aliphatic carbocycles. The summed E-state index contributed by atoms with van der Waals surface area (Å²) in [7, 11) is 1.60. The van der Waals surface area contributed by atoms with Crippen LogP contribution in [0.5, 0.6) is 6.01 Å². The molecule has 43 heavy (non-hydrogen) atoms. The molecule has 3 aromatic heterocycles. The summed E-state index contributed by atoms with van der Waals surface area (Å²) in [5, 5.41) is 12.5. The Morgan fingerprint density at radius 1 is 1.14 bits per heavy atom. The number of carbonyl (C=O) groups excluding carboxylic acids is 1. The van der Waals surface area contributed by atoms with Crippen molar-refractivity contribution in [3.63, 3.8) is 0 Å². The van der Waals surface area contributed by atoms with Crippen LogP contribution in [0.25, 0.3) is 16.9 Å². The smallest absolute Gasteiger partial charge is 0.320 e. The minimum Gasteiger partial charge on any atom is -0.455 e. The van der Waals surface area contributed by atoms with Crippen LogP contribution in [-0.4, -0.2) is 88.0 Å². The van der Waals surface area contributed by atoms with E-state index in [9.17, 15) is 9.18 Å². The first kappa shape index (κ1) is 28.6. The van der Waals surface area contributed by atoms with Gasteiger partial charge in [-0.3, -0.25) is 10.2 Å². The first-order valence-electron chi connectivity index (χ1n) is 13.8. The van der Waals surface area contributed by atoms with Crippen molar-refractivity contribution in [1.82, 2.24) is 35.1 Å². The van der Waals surface area contributed by atoms with E-state index in [1.807, 2.05) is 37.3 Å². The van der Waals surface area contributed by atoms with Gasteiger partial charge < -0.3 is 19.5 Å². The molecule has 0 radical (unpaired) electrons. The van der Waals surface area contributed by atoms with Crippen molar-refractivity contribution < 1.29 is 28.2 Å². The number of hydroxylamine groups is 2. The highest BCUT2D eigenvalue weighted by Gasteiger charge is 2.37. The minimum atomic E-state index is -0.629. The number of aromatic nitrogens is 5. The van der Waals surface area contributed by atoms with Crippen molar-refractivity contribution in [3.05, 3.63) is 78.1 Å². The van der Waals surface area contributed by atoms with Crippen molar-refractivity contribution in [2.24, 2.45) is 0 Å². The summed E-state index contributed by atoms with van der Waals surface area (Å²) >= 11 is 0. The van der Waals surface area contributed by atoms with Crippen LogP contribution in [0.1, 0.15) is 17.2 Å². The topological polar surface area (TPSA) is 138 Å². The van der Waals surface area contributed by atoms with Crippen molar-refractivity contribution >= 4 is 11.8 Å². The second-order valence-corrected chi connectivity index (χ2v) is 10.1. The Balaban J connectivity index is 1.25. The molecule has 13 nitrogen and oxygen atoms in total. The fraction of sp³-hybridized carbons (Fsp3) is 0.345. The lowest BCUT2D eigenvalue weighted by Crippen LogP contribution is -2.42. The second-order valence-electron chi connectivity index (χ2n) is 10.1. The first-order valence-corrected chi connectivity index (χ1v) is 13.8. The van der Waals surface area contributed by atoms with Gasteiger partial charge in [0.2, 0.25) is 5.95 Å². The van der Waals surface area contributed by atoms with Gasteiger partial charge in [-0.1, -0.05) is 18.2 Å². The van der Waals surface area contributed by atoms with Gasteiger partial charge in [0.25, 0.3) is 0 Å². The Kier molecular flexibility index (Phi) is 8.51. The third-order valence-corrected chi connectivity index (χ3v) is 7.10. The molecule has 224 valence electrons. The van der Waals surface area contributed by atoms with Crippen molar-refractivity contribution in [1.29, 1.82) is 0 Å². The lowest BCUT2D eigenvalue weighted by Gasteiger charge is -2.25. The van der Waals surface area contributed by atoms with Gasteiger partial charge in [-0.05, 0) is 36.8 Å². The maximum absolute atomic E-state index is 14.0. The number of pyridine rings is 1. The largest absolute Gasteiger partial charge is 0.455 e. The van der Waals surface area contributed by atoms with Gasteiger partial charge in [0.1, 0.15) is 23.7 Å². The molecule has 14 heteroatoms. The predicted molar refractivity (Wildman–Crippen MR) is 152 cm³/mol. The normalized spacial score (nSPS) is 18.8. The fourth-order valence-electron chi connectivity index (χ4n) is 4.85. The van der Waals surface area contributed by atoms with Gasteiger partial charge in [0, 0.05) is 49.9 Å². The fourth-order valence-corrected chi connectivity index (χ4v) is 4.85. The molecule has 4 aromatic rings. The highest BCUT2D eigenvalue weighted by Crippen LogP contribution is 2.32. The maximum atomic E-state index is 14.0. The summed E-state index contributed by atoms with van der Waals surface area (Å²) in [6.07, 6.45) is 3.98. The van der Waals surface area contributed by atoms with E-state index < -0.39 is 24.1 Å². The zero-order valence-corrected chi connectivity index (χ0v) is 23.6. The van der Waals surface area contributed by atoms with Gasteiger partial charge in [0.05, 0.1) is 31.5 Å². The van der Waals surface area contributed by atoms with E-state index in [0.29, 0.717) is 61.1 Å². The summed E-state index contributed by atoms with van der Waals surface area (Å²) in [4.78, 5) is 31.9. The molecule has 2 fully saturated rings. The number of halogens is 1. The summed E-state index contributed by atoms with van der Waals surface area (Å²) in [5.41, 5.74) is 3.27. The third kappa shape index (κ3) is 6.46. The van der Waals surface area contributed by atoms with E-state index in [2.05, 4.69) is 25.6 Å². The van der Waals surface area contributed by atoms with Gasteiger partial charge in [-0.15, -0.1) is 0 Å². The third-order valence-electron chi connectivity index (χ3n) is 7.10. The van der Waals surface area contributed by atoms with Crippen LogP contribution in [0.15, 0.2) is 61.1 Å². The van der Waals surface area contributed by atoms with Crippen LogP contribution in [0.2, 0.25) is 0 Å². The Bertz CT molecular complexity index is 1550. The van der Waals surface area contributed by atoms with Crippen molar-refractivity contribution in [2.75, 3.05) is 45.3 Å². The number of anilines is 1. The molecule has 2 N–H and O–H groups in total. The maximum Gasteiger partial charge on any atom is 0.320 e. The first-order chi connectivity index (χ1) is 21.0. The monoisotopic (exact) mass is 590 g/mol. The molecule has 6 rings (SSSR count). The minimum absolute atomic E-state index is 0.0475. The molecule has 2 amide bonds. The van der Waals surface area contributed by atoms with E-state index in [1.165, 1.54) is 12.3 Å². The Morgan fingerprint density at radius 2 is 1.93 bits per heavy atom. The van der Waals surface area contributed by atoms with E-state index in [1.54, 1.807) is 35.3 Å². The highest BCUT2D eigenvalue weighted by atomic mass is 19.1. The SMILES string of the molecule is COCCN1C[C@@H](NC(=O)Nc2c(C)c(-c3cnc(OC4COC4)nc3)nn2-c2ccccc2)[C@H](c2ccnc(F)c2)O1. The second kappa shape index (κ2) is 12.8. The van der Waals surface area contributed by atoms with Crippen LogP contribution in [0, 0.1) is 12.9 Å². The molecule has 0 spiro atoms. The molecule has 0 bridgehead atoms. The number of ether oxygens (including phenoxy) is 3. The molecular weight excluding hydrogens is 559 g/mol. The summed E-state index contributed by atoms with van der Waals surface area (Å²) in [6.45, 7) is 4.17. The summed E-state index contributed by atoms with van der Waals surface area (Å²) in [6, 6.07) is 11.7. The van der Waals surface area contributed by atoms with Gasteiger partial charge in [-0.2, -0.15) is 14.6 Å². The van der Waals surface area contributed by atoms with Crippen LogP contribution in [-0.2, 0) is 14.3 Å². The molecule has 2 aliphatic heterocycles. The van der Waals surface area contributed by atoms with Gasteiger partial charge >= 0.3 is 12.0 Å². The lowest BCUT2D eigenvalue weighted by molar-refractivity contribution is -0.154. The number of para-hydroxylation sites is 1. The molecule has 2 saturated heterocycles. The number of nitrogens with zero attached hydrogens (tertiary/aromatic N) is 6. The average Bonchev–Trinajstić information content (AvgIpc) is 3.55. The highest BCUT2D eigenvalue weighted by molar-refractivity contribution is 5.91. The Hall–Kier alpha value is -4.50. The number of amides is 2. The summed E-state index contributed by atoms with van der Waals surface area (Å²) < 4.78 is 31.6. The average molecular weight is 591 g/mol. The van der Waals surface area contributed by atoms with Crippen LogP contribution in [0.4, 0.5) is 15.0 Å². The summed E-state index contributed by atoms with van der Waals surface area (Å²) in [5.74, 6) is -0.164. The molecule has 5 heterocycles. The van der Waals surface area contributed by atoms with Gasteiger partial charge in [-0.25, -0.2) is 24.4 Å². The number of benzene rings is 1. The van der Waals surface area contributed by atoms with Crippen molar-refractivity contribution in [2.45, 2.75) is 25.2 Å². The number of rotatable bonds is 10. The number of methoxy groups -OCH3 is 1. The van der Waals surface area contributed by atoms with E-state index in [-0.39, 0.29) is 12.1 Å². The number of hydrogen-bond acceptors (Lipinski definition) is 10. The molecule has 2 aliphatic rings. The van der Waals surface area contributed by atoms with E-state index >= 15 is 0 Å². The Morgan fingerprint density at radius 3 is 2.63 bits per heavy atom. The molecular formula is C29H31FN8O5. The van der Waals surface area contributed by atoms with Crippen LogP contribution >= 0.6 is 0 Å². The van der Waals surface area contributed by atoms with Crippen LogP contribution < -0.4 is 15.4 Å². The van der Waals surface area contributed by atoms with E-state index in [4.69, 9.17) is 24.1 Å². The van der Waals surface area contributed by atoms with Crippen molar-refractivity contribution in [3.8, 4) is 23.0 Å². The zero-order valence-electron chi connectivity index (χ0n) is 23.6.